The molecule has 1 amide bonds. The Morgan fingerprint density at radius 1 is 1.26 bits per heavy atom. The number of carbonyl (C=O) groups is 1. The number of halogens is 3. The van der Waals surface area contributed by atoms with Gasteiger partial charge in [0, 0.05) is 36.8 Å². The lowest BCUT2D eigenvalue weighted by atomic mass is 10.2. The summed E-state index contributed by atoms with van der Waals surface area (Å²) in [5.41, 5.74) is 2.27. The predicted octanol–water partition coefficient (Wildman–Crippen LogP) is 5.19. The molecule has 0 aliphatic carbocycles. The number of anilines is 1. The number of hydrogen-bond donors (Lipinski definition) is 0. The van der Waals surface area contributed by atoms with Gasteiger partial charge in [0.2, 0.25) is 0 Å². The molecule has 1 saturated heterocycles. The number of thiazole rings is 1. The molecule has 5 nitrogen and oxygen atoms in total. The van der Waals surface area contributed by atoms with Crippen molar-refractivity contribution in [2.24, 2.45) is 0 Å². The number of amides is 1. The smallest absolute Gasteiger partial charge is 0.260 e. The van der Waals surface area contributed by atoms with E-state index in [0.29, 0.717) is 22.3 Å². The van der Waals surface area contributed by atoms with E-state index in [1.54, 1.807) is 4.90 Å². The van der Waals surface area contributed by atoms with Gasteiger partial charge in [-0.05, 0) is 55.3 Å². The van der Waals surface area contributed by atoms with Crippen LogP contribution in [0.4, 0.5) is 9.52 Å². The highest BCUT2D eigenvalue weighted by molar-refractivity contribution is 7.22. The number of benzene rings is 2. The fraction of sp³-hybridized carbons (Fsp3) is 0.364. The van der Waals surface area contributed by atoms with E-state index in [1.807, 2.05) is 19.1 Å². The molecule has 0 bridgehead atoms. The van der Waals surface area contributed by atoms with Gasteiger partial charge < -0.3 is 4.74 Å². The van der Waals surface area contributed by atoms with Crippen LogP contribution in [0.1, 0.15) is 22.3 Å². The van der Waals surface area contributed by atoms with Gasteiger partial charge in [0.05, 0.1) is 23.4 Å². The molecule has 31 heavy (non-hydrogen) atoms. The highest BCUT2D eigenvalue weighted by Crippen LogP contribution is 2.33. The van der Waals surface area contributed by atoms with E-state index >= 15 is 0 Å². The second-order valence-electron chi connectivity index (χ2n) is 7.34. The highest BCUT2D eigenvalue weighted by atomic mass is 35.5. The molecule has 1 aliphatic heterocycles. The summed E-state index contributed by atoms with van der Waals surface area (Å²) in [6, 6.07) is 9.39. The molecular formula is C22H24Cl2FN3O2S. The summed E-state index contributed by atoms with van der Waals surface area (Å²) in [5.74, 6) is -0.546. The van der Waals surface area contributed by atoms with Crippen molar-refractivity contribution in [2.45, 2.75) is 13.3 Å². The van der Waals surface area contributed by atoms with Gasteiger partial charge in [0.25, 0.3) is 5.91 Å². The molecule has 1 fully saturated rings. The second-order valence-corrected chi connectivity index (χ2v) is 8.78. The van der Waals surface area contributed by atoms with Crippen molar-refractivity contribution in [3.63, 3.8) is 0 Å². The van der Waals surface area contributed by atoms with E-state index in [2.05, 4.69) is 4.90 Å². The van der Waals surface area contributed by atoms with Crippen LogP contribution in [0, 0.1) is 12.7 Å². The maximum absolute atomic E-state index is 13.3. The minimum atomic E-state index is -0.365. The number of hydrogen-bond acceptors (Lipinski definition) is 5. The average Bonchev–Trinajstić information content (AvgIpc) is 3.16. The van der Waals surface area contributed by atoms with Gasteiger partial charge in [-0.25, -0.2) is 9.37 Å². The van der Waals surface area contributed by atoms with Gasteiger partial charge in [-0.2, -0.15) is 0 Å². The Labute approximate surface area is 196 Å². The molecule has 3 aromatic rings. The summed E-state index contributed by atoms with van der Waals surface area (Å²) >= 11 is 7.65. The molecule has 166 valence electrons. The lowest BCUT2D eigenvalue weighted by Gasteiger charge is -2.27. The van der Waals surface area contributed by atoms with Crippen LogP contribution < -0.4 is 4.90 Å². The maximum atomic E-state index is 13.3. The summed E-state index contributed by atoms with van der Waals surface area (Å²) in [5, 5.41) is 1.28. The first-order valence-corrected chi connectivity index (χ1v) is 11.1. The average molecular weight is 484 g/mol. The molecule has 1 aromatic heterocycles. The van der Waals surface area contributed by atoms with E-state index in [9.17, 15) is 9.18 Å². The summed E-state index contributed by atoms with van der Waals surface area (Å²) in [6.45, 7) is 6.68. The second kappa shape index (κ2) is 10.7. The van der Waals surface area contributed by atoms with Crippen LogP contribution in [0.15, 0.2) is 36.4 Å². The van der Waals surface area contributed by atoms with Gasteiger partial charge in [0.1, 0.15) is 5.82 Å². The molecule has 1 aliphatic rings. The first kappa shape index (κ1) is 23.9. The van der Waals surface area contributed by atoms with Gasteiger partial charge >= 0.3 is 0 Å². The van der Waals surface area contributed by atoms with Crippen molar-refractivity contribution in [1.82, 2.24) is 9.88 Å². The van der Waals surface area contributed by atoms with Gasteiger partial charge in [0.15, 0.2) is 5.13 Å². The number of morpholine rings is 1. The summed E-state index contributed by atoms with van der Waals surface area (Å²) in [7, 11) is 0. The standard InChI is InChI=1S/C22H23ClFN3O2S.ClH/c1-15-13-17(23)14-19-20(15)25-22(30-19)27(8-2-7-26-9-11-29-12-10-26)21(28)16-3-5-18(24)6-4-16;/h3-6,13-14H,2,7-12H2,1H3;1H. The van der Waals surface area contributed by atoms with Crippen LogP contribution in [0.2, 0.25) is 5.02 Å². The van der Waals surface area contributed by atoms with E-state index in [-0.39, 0.29) is 24.1 Å². The van der Waals surface area contributed by atoms with E-state index < -0.39 is 0 Å². The quantitative estimate of drug-likeness (QED) is 0.483. The largest absolute Gasteiger partial charge is 0.379 e. The van der Waals surface area contributed by atoms with Crippen LogP contribution >= 0.6 is 35.3 Å². The number of fused-ring (bicyclic) bond motifs is 1. The topological polar surface area (TPSA) is 45.7 Å². The Balaban J connectivity index is 0.00000272. The van der Waals surface area contributed by atoms with Crippen molar-refractivity contribution in [1.29, 1.82) is 0 Å². The Bertz CT molecular complexity index is 1040. The molecule has 0 atom stereocenters. The first-order valence-electron chi connectivity index (χ1n) is 9.95. The van der Waals surface area contributed by atoms with Crippen LogP contribution in [0.5, 0.6) is 0 Å². The fourth-order valence-electron chi connectivity index (χ4n) is 3.57. The third-order valence-electron chi connectivity index (χ3n) is 5.17. The Morgan fingerprint density at radius 2 is 1.97 bits per heavy atom. The van der Waals surface area contributed by atoms with Crippen LogP contribution in [-0.4, -0.2) is 55.2 Å². The first-order chi connectivity index (χ1) is 14.5. The zero-order chi connectivity index (χ0) is 21.1. The van der Waals surface area contributed by atoms with Crippen molar-refractivity contribution in [3.05, 3.63) is 58.4 Å². The Kier molecular flexibility index (Phi) is 8.24. The van der Waals surface area contributed by atoms with Gasteiger partial charge in [-0.15, -0.1) is 12.4 Å². The molecule has 2 heterocycles. The monoisotopic (exact) mass is 483 g/mol. The number of rotatable bonds is 6. The number of carbonyl (C=O) groups excluding carboxylic acids is 1. The van der Waals surface area contributed by atoms with Crippen molar-refractivity contribution in [2.75, 3.05) is 44.3 Å². The third-order valence-corrected chi connectivity index (χ3v) is 6.41. The molecule has 0 unspecified atom stereocenters. The molecular weight excluding hydrogens is 460 g/mol. The van der Waals surface area contributed by atoms with Crippen LogP contribution in [-0.2, 0) is 4.74 Å². The van der Waals surface area contributed by atoms with Crippen LogP contribution in [0.25, 0.3) is 10.2 Å². The van der Waals surface area contributed by atoms with Crippen molar-refractivity contribution < 1.29 is 13.9 Å². The normalized spacial score (nSPS) is 14.4. The van der Waals surface area contributed by atoms with E-state index in [4.69, 9.17) is 21.3 Å². The molecule has 0 saturated carbocycles. The number of ether oxygens (including phenoxy) is 1. The van der Waals surface area contributed by atoms with Gasteiger partial charge in [-0.3, -0.25) is 14.6 Å². The summed E-state index contributed by atoms with van der Waals surface area (Å²) in [6.07, 6.45) is 0.808. The molecule has 0 N–H and O–H groups in total. The van der Waals surface area contributed by atoms with Gasteiger partial charge in [-0.1, -0.05) is 22.9 Å². The number of nitrogens with zero attached hydrogens (tertiary/aromatic N) is 3. The fourth-order valence-corrected chi connectivity index (χ4v) is 5.01. The molecule has 9 heteroatoms. The number of aromatic nitrogens is 1. The summed E-state index contributed by atoms with van der Waals surface area (Å²) < 4.78 is 19.7. The van der Waals surface area contributed by atoms with E-state index in [1.165, 1.54) is 35.6 Å². The van der Waals surface area contributed by atoms with Crippen molar-refractivity contribution >= 4 is 56.6 Å². The SMILES string of the molecule is Cc1cc(Cl)cc2sc(N(CCCN3CCOCC3)C(=O)c3ccc(F)cc3)nc12.Cl. The lowest BCUT2D eigenvalue weighted by molar-refractivity contribution is 0.0376. The van der Waals surface area contributed by atoms with E-state index in [0.717, 1.165) is 55.0 Å². The maximum Gasteiger partial charge on any atom is 0.260 e. The zero-order valence-corrected chi connectivity index (χ0v) is 19.5. The molecule has 0 spiro atoms. The zero-order valence-electron chi connectivity index (χ0n) is 17.1. The summed E-state index contributed by atoms with van der Waals surface area (Å²) in [4.78, 5) is 22.1. The Hall–Kier alpha value is -1.77. The molecule has 4 rings (SSSR count). The molecule has 2 aromatic carbocycles. The van der Waals surface area contributed by atoms with Crippen molar-refractivity contribution in [3.8, 4) is 0 Å². The Morgan fingerprint density at radius 3 is 2.68 bits per heavy atom. The highest BCUT2D eigenvalue weighted by Gasteiger charge is 2.22. The predicted molar refractivity (Wildman–Crippen MR) is 127 cm³/mol. The number of aryl methyl sites for hydroxylation is 1. The molecule has 0 radical (unpaired) electrons. The van der Waals surface area contributed by atoms with Crippen LogP contribution in [0.3, 0.4) is 0 Å². The minimum absolute atomic E-state index is 0. The minimum Gasteiger partial charge on any atom is -0.379 e. The lowest BCUT2D eigenvalue weighted by Crippen LogP contribution is -2.39. The third kappa shape index (κ3) is 5.73.